The Hall–Kier alpha value is -0.930. The fourth-order valence-electron chi connectivity index (χ4n) is 1.46. The molecule has 3 heteroatoms. The van der Waals surface area contributed by atoms with Crippen LogP contribution in [0.5, 0.6) is 0 Å². The van der Waals surface area contributed by atoms with Crippen molar-refractivity contribution < 1.29 is 4.74 Å². The molecule has 0 aliphatic carbocycles. The first-order valence-electron chi connectivity index (χ1n) is 6.83. The SMILES string of the molecule is CC(C)CCOCc1ccc(CNC(C)C)cn1. The summed E-state index contributed by atoms with van der Waals surface area (Å²) in [6.45, 7) is 11.0. The molecule has 0 spiro atoms. The molecule has 1 N–H and O–H groups in total. The van der Waals surface area contributed by atoms with Gasteiger partial charge < -0.3 is 10.1 Å². The Bertz CT molecular complexity index is 320. The zero-order valence-electron chi connectivity index (χ0n) is 12.1. The van der Waals surface area contributed by atoms with E-state index in [2.05, 4.69) is 44.1 Å². The number of nitrogens with zero attached hydrogens (tertiary/aromatic N) is 1. The van der Waals surface area contributed by atoms with E-state index >= 15 is 0 Å². The third kappa shape index (κ3) is 6.72. The van der Waals surface area contributed by atoms with Gasteiger partial charge in [0, 0.05) is 25.4 Å². The molecule has 102 valence electrons. The predicted molar refractivity (Wildman–Crippen MR) is 75.3 cm³/mol. The van der Waals surface area contributed by atoms with Crippen molar-refractivity contribution >= 4 is 0 Å². The maximum Gasteiger partial charge on any atom is 0.0887 e. The molecule has 0 aliphatic heterocycles. The number of pyridine rings is 1. The van der Waals surface area contributed by atoms with Crippen molar-refractivity contribution in [1.82, 2.24) is 10.3 Å². The smallest absolute Gasteiger partial charge is 0.0887 e. The van der Waals surface area contributed by atoms with Gasteiger partial charge in [-0.05, 0) is 24.0 Å². The van der Waals surface area contributed by atoms with E-state index < -0.39 is 0 Å². The average molecular weight is 250 g/mol. The summed E-state index contributed by atoms with van der Waals surface area (Å²) in [6, 6.07) is 4.67. The van der Waals surface area contributed by atoms with Crippen molar-refractivity contribution in [2.75, 3.05) is 6.61 Å². The molecule has 0 radical (unpaired) electrons. The molecule has 0 atom stereocenters. The quantitative estimate of drug-likeness (QED) is 0.720. The van der Waals surface area contributed by atoms with Crippen LogP contribution in [0.1, 0.15) is 45.4 Å². The lowest BCUT2D eigenvalue weighted by molar-refractivity contribution is 0.108. The summed E-state index contributed by atoms with van der Waals surface area (Å²) in [4.78, 5) is 4.41. The van der Waals surface area contributed by atoms with Gasteiger partial charge in [0.15, 0.2) is 0 Å². The van der Waals surface area contributed by atoms with Gasteiger partial charge >= 0.3 is 0 Å². The number of rotatable bonds is 8. The molecular weight excluding hydrogens is 224 g/mol. The number of ether oxygens (including phenoxy) is 1. The van der Waals surface area contributed by atoms with Gasteiger partial charge in [-0.3, -0.25) is 4.98 Å². The third-order valence-corrected chi connectivity index (χ3v) is 2.69. The fourth-order valence-corrected chi connectivity index (χ4v) is 1.46. The zero-order valence-corrected chi connectivity index (χ0v) is 12.1. The van der Waals surface area contributed by atoms with Gasteiger partial charge in [-0.2, -0.15) is 0 Å². The molecule has 0 bridgehead atoms. The molecule has 0 amide bonds. The lowest BCUT2D eigenvalue weighted by Crippen LogP contribution is -2.21. The summed E-state index contributed by atoms with van der Waals surface area (Å²) in [5, 5.41) is 3.37. The fraction of sp³-hybridized carbons (Fsp3) is 0.667. The first-order chi connectivity index (χ1) is 8.58. The lowest BCUT2D eigenvalue weighted by atomic mass is 10.1. The Morgan fingerprint density at radius 3 is 2.56 bits per heavy atom. The minimum atomic E-state index is 0.504. The highest BCUT2D eigenvalue weighted by Crippen LogP contribution is 2.04. The van der Waals surface area contributed by atoms with Gasteiger partial charge in [-0.15, -0.1) is 0 Å². The summed E-state index contributed by atoms with van der Waals surface area (Å²) < 4.78 is 5.59. The normalized spacial score (nSPS) is 11.4. The molecule has 0 fully saturated rings. The highest BCUT2D eigenvalue weighted by molar-refractivity contribution is 5.13. The molecular formula is C15H26N2O. The topological polar surface area (TPSA) is 34.1 Å². The molecule has 0 aromatic carbocycles. The van der Waals surface area contributed by atoms with Crippen molar-refractivity contribution in [1.29, 1.82) is 0 Å². The van der Waals surface area contributed by atoms with E-state index in [1.54, 1.807) is 0 Å². The Labute approximate surface area is 111 Å². The van der Waals surface area contributed by atoms with E-state index in [1.807, 2.05) is 12.3 Å². The summed E-state index contributed by atoms with van der Waals surface area (Å²) in [5.41, 5.74) is 2.22. The van der Waals surface area contributed by atoms with Crippen LogP contribution in [0.2, 0.25) is 0 Å². The minimum Gasteiger partial charge on any atom is -0.375 e. The average Bonchev–Trinajstić information content (AvgIpc) is 2.33. The second kappa shape index (κ2) is 8.22. The van der Waals surface area contributed by atoms with Gasteiger partial charge in [0.05, 0.1) is 12.3 Å². The summed E-state index contributed by atoms with van der Waals surface area (Å²) >= 11 is 0. The number of nitrogens with one attached hydrogen (secondary N) is 1. The molecule has 0 unspecified atom stereocenters. The molecule has 18 heavy (non-hydrogen) atoms. The monoisotopic (exact) mass is 250 g/mol. The molecule has 3 nitrogen and oxygen atoms in total. The van der Waals surface area contributed by atoms with E-state index in [9.17, 15) is 0 Å². The van der Waals surface area contributed by atoms with Gasteiger partial charge in [0.2, 0.25) is 0 Å². The standard InChI is InChI=1S/C15H26N2O/c1-12(2)7-8-18-11-15-6-5-14(10-17-15)9-16-13(3)4/h5-6,10,12-13,16H,7-9,11H2,1-4H3. The van der Waals surface area contributed by atoms with Crippen LogP contribution >= 0.6 is 0 Å². The maximum absolute atomic E-state index is 5.59. The predicted octanol–water partition coefficient (Wildman–Crippen LogP) is 3.14. The number of aromatic nitrogens is 1. The zero-order chi connectivity index (χ0) is 13.4. The Balaban J connectivity index is 2.27. The summed E-state index contributed by atoms with van der Waals surface area (Å²) in [6.07, 6.45) is 3.03. The van der Waals surface area contributed by atoms with Crippen LogP contribution in [0.3, 0.4) is 0 Å². The summed E-state index contributed by atoms with van der Waals surface area (Å²) in [5.74, 6) is 0.697. The van der Waals surface area contributed by atoms with Gasteiger partial charge in [0.1, 0.15) is 0 Å². The van der Waals surface area contributed by atoms with Crippen molar-refractivity contribution in [3.05, 3.63) is 29.6 Å². The van der Waals surface area contributed by atoms with Crippen molar-refractivity contribution in [2.24, 2.45) is 5.92 Å². The van der Waals surface area contributed by atoms with E-state index in [-0.39, 0.29) is 0 Å². The van der Waals surface area contributed by atoms with Crippen LogP contribution in [-0.2, 0) is 17.9 Å². The molecule has 1 heterocycles. The summed E-state index contributed by atoms with van der Waals surface area (Å²) in [7, 11) is 0. The van der Waals surface area contributed by atoms with Crippen LogP contribution in [0.15, 0.2) is 18.3 Å². The first kappa shape index (κ1) is 15.1. The third-order valence-electron chi connectivity index (χ3n) is 2.69. The van der Waals surface area contributed by atoms with Crippen LogP contribution < -0.4 is 5.32 Å². The highest BCUT2D eigenvalue weighted by atomic mass is 16.5. The Morgan fingerprint density at radius 1 is 1.22 bits per heavy atom. The van der Waals surface area contributed by atoms with Crippen LogP contribution in [0.25, 0.3) is 0 Å². The largest absolute Gasteiger partial charge is 0.375 e. The van der Waals surface area contributed by atoms with E-state index in [4.69, 9.17) is 4.74 Å². The lowest BCUT2D eigenvalue weighted by Gasteiger charge is -2.09. The maximum atomic E-state index is 5.59. The first-order valence-corrected chi connectivity index (χ1v) is 6.83. The number of hydrogen-bond acceptors (Lipinski definition) is 3. The molecule has 0 saturated carbocycles. The number of hydrogen-bond donors (Lipinski definition) is 1. The highest BCUT2D eigenvalue weighted by Gasteiger charge is 1.99. The van der Waals surface area contributed by atoms with E-state index in [0.29, 0.717) is 18.6 Å². The van der Waals surface area contributed by atoms with E-state index in [0.717, 1.165) is 25.3 Å². The van der Waals surface area contributed by atoms with Gasteiger partial charge in [-0.25, -0.2) is 0 Å². The molecule has 0 saturated heterocycles. The second-order valence-electron chi connectivity index (χ2n) is 5.43. The Morgan fingerprint density at radius 2 is 2.00 bits per heavy atom. The van der Waals surface area contributed by atoms with E-state index in [1.165, 1.54) is 5.56 Å². The van der Waals surface area contributed by atoms with Crippen molar-refractivity contribution in [3.8, 4) is 0 Å². The van der Waals surface area contributed by atoms with Gasteiger partial charge in [0.25, 0.3) is 0 Å². The second-order valence-corrected chi connectivity index (χ2v) is 5.43. The Kier molecular flexibility index (Phi) is 6.91. The molecule has 1 aromatic rings. The van der Waals surface area contributed by atoms with Crippen molar-refractivity contribution in [3.63, 3.8) is 0 Å². The van der Waals surface area contributed by atoms with Crippen LogP contribution in [0, 0.1) is 5.92 Å². The van der Waals surface area contributed by atoms with Gasteiger partial charge in [-0.1, -0.05) is 33.8 Å². The van der Waals surface area contributed by atoms with Crippen molar-refractivity contribution in [2.45, 2.75) is 53.3 Å². The van der Waals surface area contributed by atoms with Crippen LogP contribution in [0.4, 0.5) is 0 Å². The molecule has 1 rings (SSSR count). The van der Waals surface area contributed by atoms with Crippen LogP contribution in [-0.4, -0.2) is 17.6 Å². The minimum absolute atomic E-state index is 0.504. The molecule has 1 aromatic heterocycles. The molecule has 0 aliphatic rings.